The summed E-state index contributed by atoms with van der Waals surface area (Å²) in [6, 6.07) is 3.51. The number of hydrogen-bond donors (Lipinski definition) is 1. The van der Waals surface area contributed by atoms with Crippen LogP contribution < -0.4 is 5.32 Å². The third kappa shape index (κ3) is 3.36. The van der Waals surface area contributed by atoms with Crippen molar-refractivity contribution in [3.63, 3.8) is 0 Å². The number of halogens is 2. The second-order valence-electron chi connectivity index (χ2n) is 4.18. The second kappa shape index (κ2) is 6.21. The highest BCUT2D eigenvalue weighted by atomic mass is 32.1. The van der Waals surface area contributed by atoms with Gasteiger partial charge in [-0.05, 0) is 25.1 Å². The van der Waals surface area contributed by atoms with Gasteiger partial charge >= 0.3 is 0 Å². The van der Waals surface area contributed by atoms with Crippen LogP contribution in [0.2, 0.25) is 0 Å². The van der Waals surface area contributed by atoms with Crippen LogP contribution in [0, 0.1) is 11.6 Å². The van der Waals surface area contributed by atoms with E-state index in [9.17, 15) is 8.78 Å². The molecule has 0 bridgehead atoms. The molecule has 0 amide bonds. The third-order valence-electron chi connectivity index (χ3n) is 2.76. The van der Waals surface area contributed by atoms with Crippen molar-refractivity contribution < 1.29 is 8.78 Å². The van der Waals surface area contributed by atoms with Gasteiger partial charge in [0.1, 0.15) is 16.6 Å². The van der Waals surface area contributed by atoms with E-state index >= 15 is 0 Å². The minimum absolute atomic E-state index is 0.500. The summed E-state index contributed by atoms with van der Waals surface area (Å²) in [5, 5.41) is 3.92. The molecule has 0 aliphatic heterocycles. The molecule has 1 heterocycles. The van der Waals surface area contributed by atoms with E-state index in [1.165, 1.54) is 23.5 Å². The normalized spacial score (nSPS) is 10.9. The Kier molecular flexibility index (Phi) is 4.61. The lowest BCUT2D eigenvalue weighted by atomic mass is 10.2. The zero-order valence-electron chi connectivity index (χ0n) is 11.0. The zero-order valence-corrected chi connectivity index (χ0v) is 11.8. The van der Waals surface area contributed by atoms with Gasteiger partial charge in [-0.15, -0.1) is 11.3 Å². The van der Waals surface area contributed by atoms with Gasteiger partial charge in [-0.3, -0.25) is 0 Å². The van der Waals surface area contributed by atoms with Gasteiger partial charge < -0.3 is 5.32 Å². The summed E-state index contributed by atoms with van der Waals surface area (Å²) in [6.07, 6.45) is 0.815. The van der Waals surface area contributed by atoms with Crippen molar-refractivity contribution in [3.8, 4) is 10.6 Å². The molecule has 1 aromatic carbocycles. The maximum absolute atomic E-state index is 13.2. The first-order valence-corrected chi connectivity index (χ1v) is 7.11. The first-order chi connectivity index (χ1) is 9.13. The van der Waals surface area contributed by atoms with Crippen LogP contribution in [0.4, 0.5) is 8.78 Å². The standard InChI is InChI=1S/C14H16F2N2S/c1-3-12-13(8-17-4-2)19-14(18-12)9-5-10(15)7-11(16)6-9/h5-7,17H,3-4,8H2,1-2H3. The summed E-state index contributed by atoms with van der Waals surface area (Å²) in [5.74, 6) is -1.15. The summed E-state index contributed by atoms with van der Waals surface area (Å²) in [4.78, 5) is 5.61. The van der Waals surface area contributed by atoms with Crippen LogP contribution in [-0.2, 0) is 13.0 Å². The van der Waals surface area contributed by atoms with Gasteiger partial charge in [0.2, 0.25) is 0 Å². The fourth-order valence-electron chi connectivity index (χ4n) is 1.84. The van der Waals surface area contributed by atoms with Crippen LogP contribution in [-0.4, -0.2) is 11.5 Å². The van der Waals surface area contributed by atoms with E-state index in [4.69, 9.17) is 0 Å². The predicted octanol–water partition coefficient (Wildman–Crippen LogP) is 3.76. The fraction of sp³-hybridized carbons (Fsp3) is 0.357. The molecule has 2 rings (SSSR count). The summed E-state index contributed by atoms with van der Waals surface area (Å²) >= 11 is 1.49. The largest absolute Gasteiger partial charge is 0.312 e. The maximum atomic E-state index is 13.2. The SMILES string of the molecule is CCNCc1sc(-c2cc(F)cc(F)c2)nc1CC. The molecule has 2 aromatic rings. The van der Waals surface area contributed by atoms with Gasteiger partial charge in [0.15, 0.2) is 0 Å². The quantitative estimate of drug-likeness (QED) is 0.903. The predicted molar refractivity (Wildman–Crippen MR) is 74.2 cm³/mol. The first kappa shape index (κ1) is 14.1. The lowest BCUT2D eigenvalue weighted by Gasteiger charge is -1.99. The first-order valence-electron chi connectivity index (χ1n) is 6.29. The molecule has 1 N–H and O–H groups in total. The molecule has 19 heavy (non-hydrogen) atoms. The Balaban J connectivity index is 2.36. The number of nitrogens with zero attached hydrogens (tertiary/aromatic N) is 1. The molecule has 0 atom stereocenters. The van der Waals surface area contributed by atoms with E-state index in [2.05, 4.69) is 10.3 Å². The number of benzene rings is 1. The minimum atomic E-state index is -0.573. The zero-order chi connectivity index (χ0) is 13.8. The van der Waals surface area contributed by atoms with Crippen LogP contribution >= 0.6 is 11.3 Å². The van der Waals surface area contributed by atoms with Crippen molar-refractivity contribution in [2.24, 2.45) is 0 Å². The van der Waals surface area contributed by atoms with Crippen molar-refractivity contribution in [1.82, 2.24) is 10.3 Å². The van der Waals surface area contributed by atoms with E-state index in [1.807, 2.05) is 13.8 Å². The molecular formula is C14H16F2N2S. The molecule has 102 valence electrons. The van der Waals surface area contributed by atoms with Crippen molar-refractivity contribution in [3.05, 3.63) is 40.4 Å². The van der Waals surface area contributed by atoms with E-state index in [0.717, 1.165) is 36.1 Å². The molecule has 0 saturated carbocycles. The Morgan fingerprint density at radius 1 is 1.16 bits per heavy atom. The molecule has 0 spiro atoms. The summed E-state index contributed by atoms with van der Waals surface area (Å²) in [5.41, 5.74) is 1.49. The van der Waals surface area contributed by atoms with Crippen molar-refractivity contribution in [2.45, 2.75) is 26.8 Å². The average Bonchev–Trinajstić information content (AvgIpc) is 2.78. The Bertz CT molecular complexity index is 546. The topological polar surface area (TPSA) is 24.9 Å². The fourth-order valence-corrected chi connectivity index (χ4v) is 2.94. The average molecular weight is 282 g/mol. The maximum Gasteiger partial charge on any atom is 0.126 e. The molecule has 0 saturated heterocycles. The smallest absolute Gasteiger partial charge is 0.126 e. The Morgan fingerprint density at radius 2 is 1.84 bits per heavy atom. The van der Waals surface area contributed by atoms with Crippen molar-refractivity contribution in [2.75, 3.05) is 6.54 Å². The number of aromatic nitrogens is 1. The summed E-state index contributed by atoms with van der Waals surface area (Å²) < 4.78 is 26.5. The number of rotatable bonds is 5. The Morgan fingerprint density at radius 3 is 2.42 bits per heavy atom. The molecule has 0 fully saturated rings. The molecule has 0 unspecified atom stereocenters. The van der Waals surface area contributed by atoms with Gasteiger partial charge in [0.05, 0.1) is 5.69 Å². The van der Waals surface area contributed by atoms with Crippen molar-refractivity contribution >= 4 is 11.3 Å². The van der Waals surface area contributed by atoms with Gasteiger partial charge in [-0.1, -0.05) is 13.8 Å². The number of nitrogens with one attached hydrogen (secondary N) is 1. The number of aryl methyl sites for hydroxylation is 1. The summed E-state index contributed by atoms with van der Waals surface area (Å²) in [6.45, 7) is 5.69. The van der Waals surface area contributed by atoms with Gasteiger partial charge in [-0.25, -0.2) is 13.8 Å². The van der Waals surface area contributed by atoms with Crippen LogP contribution in [0.15, 0.2) is 18.2 Å². The lowest BCUT2D eigenvalue weighted by molar-refractivity contribution is 0.584. The van der Waals surface area contributed by atoms with Crippen LogP contribution in [0.5, 0.6) is 0 Å². The molecule has 0 aliphatic rings. The van der Waals surface area contributed by atoms with E-state index in [-0.39, 0.29) is 0 Å². The monoisotopic (exact) mass is 282 g/mol. The van der Waals surface area contributed by atoms with E-state index < -0.39 is 11.6 Å². The van der Waals surface area contributed by atoms with Crippen LogP contribution in [0.3, 0.4) is 0 Å². The highest BCUT2D eigenvalue weighted by Gasteiger charge is 2.12. The van der Waals surface area contributed by atoms with Crippen LogP contribution in [0.25, 0.3) is 10.6 Å². The van der Waals surface area contributed by atoms with Crippen LogP contribution in [0.1, 0.15) is 24.4 Å². The van der Waals surface area contributed by atoms with E-state index in [0.29, 0.717) is 10.6 Å². The van der Waals surface area contributed by atoms with E-state index in [1.54, 1.807) is 0 Å². The summed E-state index contributed by atoms with van der Waals surface area (Å²) in [7, 11) is 0. The van der Waals surface area contributed by atoms with Gasteiger partial charge in [0.25, 0.3) is 0 Å². The Hall–Kier alpha value is -1.33. The highest BCUT2D eigenvalue weighted by molar-refractivity contribution is 7.15. The highest BCUT2D eigenvalue weighted by Crippen LogP contribution is 2.29. The van der Waals surface area contributed by atoms with Gasteiger partial charge in [0, 0.05) is 23.1 Å². The molecule has 0 radical (unpaired) electrons. The van der Waals surface area contributed by atoms with Crippen molar-refractivity contribution in [1.29, 1.82) is 0 Å². The minimum Gasteiger partial charge on any atom is -0.312 e. The number of hydrogen-bond acceptors (Lipinski definition) is 3. The number of thiazole rings is 1. The third-order valence-corrected chi connectivity index (χ3v) is 3.90. The van der Waals surface area contributed by atoms with Gasteiger partial charge in [-0.2, -0.15) is 0 Å². The molecule has 0 aliphatic carbocycles. The second-order valence-corrected chi connectivity index (χ2v) is 5.26. The molecule has 1 aromatic heterocycles. The Labute approximate surface area is 115 Å². The molecular weight excluding hydrogens is 266 g/mol. The molecule has 2 nitrogen and oxygen atoms in total. The molecule has 5 heteroatoms. The lowest BCUT2D eigenvalue weighted by Crippen LogP contribution is -2.11.